The van der Waals surface area contributed by atoms with E-state index in [1.165, 1.54) is 18.3 Å². The predicted octanol–water partition coefficient (Wildman–Crippen LogP) is 2.61. The SMILES string of the molecule is O=C(c1cnc2cc(F)ccc2c1)N1CCCC1. The summed E-state index contributed by atoms with van der Waals surface area (Å²) in [4.78, 5) is 18.2. The molecular formula is C14H13FN2O. The van der Waals surface area contributed by atoms with Crippen molar-refractivity contribution in [2.24, 2.45) is 0 Å². The van der Waals surface area contributed by atoms with Crippen LogP contribution in [-0.4, -0.2) is 28.9 Å². The first-order chi connectivity index (χ1) is 8.74. The van der Waals surface area contributed by atoms with Gasteiger partial charge in [-0.2, -0.15) is 0 Å². The van der Waals surface area contributed by atoms with Gasteiger partial charge in [-0.05, 0) is 31.0 Å². The van der Waals surface area contributed by atoms with Crippen LogP contribution in [0.4, 0.5) is 4.39 Å². The lowest BCUT2D eigenvalue weighted by atomic mass is 10.1. The van der Waals surface area contributed by atoms with Crippen LogP contribution in [0.5, 0.6) is 0 Å². The Bertz CT molecular complexity index is 606. The van der Waals surface area contributed by atoms with Crippen LogP contribution in [0.3, 0.4) is 0 Å². The molecule has 1 aromatic carbocycles. The number of rotatable bonds is 1. The van der Waals surface area contributed by atoms with E-state index in [-0.39, 0.29) is 11.7 Å². The number of fused-ring (bicyclic) bond motifs is 1. The molecule has 0 saturated carbocycles. The molecule has 1 aromatic heterocycles. The molecule has 0 radical (unpaired) electrons. The fourth-order valence-corrected chi connectivity index (χ4v) is 2.31. The quantitative estimate of drug-likeness (QED) is 0.772. The van der Waals surface area contributed by atoms with Crippen LogP contribution in [0.25, 0.3) is 10.9 Å². The first kappa shape index (κ1) is 11.1. The Balaban J connectivity index is 1.97. The largest absolute Gasteiger partial charge is 0.339 e. The fraction of sp³-hybridized carbons (Fsp3) is 0.286. The van der Waals surface area contributed by atoms with Crippen molar-refractivity contribution in [3.63, 3.8) is 0 Å². The van der Waals surface area contributed by atoms with Crippen molar-refractivity contribution in [3.05, 3.63) is 41.8 Å². The summed E-state index contributed by atoms with van der Waals surface area (Å²) in [7, 11) is 0. The molecular weight excluding hydrogens is 231 g/mol. The highest BCUT2D eigenvalue weighted by Crippen LogP contribution is 2.17. The van der Waals surface area contributed by atoms with E-state index in [1.807, 2.05) is 4.90 Å². The van der Waals surface area contributed by atoms with Crippen LogP contribution in [0.15, 0.2) is 30.5 Å². The second-order valence-corrected chi connectivity index (χ2v) is 4.56. The maximum absolute atomic E-state index is 13.0. The third kappa shape index (κ3) is 1.94. The summed E-state index contributed by atoms with van der Waals surface area (Å²) in [6.07, 6.45) is 3.67. The molecule has 0 aliphatic carbocycles. The standard InChI is InChI=1S/C14H13FN2O/c15-12-4-3-10-7-11(9-16-13(10)8-12)14(18)17-5-1-2-6-17/h3-4,7-9H,1-2,5-6H2. The van der Waals surface area contributed by atoms with Gasteiger partial charge in [0.05, 0.1) is 11.1 Å². The van der Waals surface area contributed by atoms with Gasteiger partial charge in [0, 0.05) is 30.7 Å². The highest BCUT2D eigenvalue weighted by molar-refractivity contribution is 5.97. The van der Waals surface area contributed by atoms with E-state index in [0.29, 0.717) is 11.1 Å². The Labute approximate surface area is 104 Å². The lowest BCUT2D eigenvalue weighted by molar-refractivity contribution is 0.0792. The zero-order valence-corrected chi connectivity index (χ0v) is 9.90. The van der Waals surface area contributed by atoms with E-state index in [1.54, 1.807) is 12.1 Å². The molecule has 1 amide bonds. The molecule has 2 aromatic rings. The average Bonchev–Trinajstić information content (AvgIpc) is 2.91. The number of amides is 1. The Morgan fingerprint density at radius 2 is 2.00 bits per heavy atom. The van der Waals surface area contributed by atoms with Crippen molar-refractivity contribution >= 4 is 16.8 Å². The lowest BCUT2D eigenvalue weighted by Crippen LogP contribution is -2.27. The Morgan fingerprint density at radius 1 is 1.22 bits per heavy atom. The van der Waals surface area contributed by atoms with Crippen molar-refractivity contribution in [2.45, 2.75) is 12.8 Å². The minimum absolute atomic E-state index is 0.0197. The van der Waals surface area contributed by atoms with Crippen LogP contribution in [0.1, 0.15) is 23.2 Å². The summed E-state index contributed by atoms with van der Waals surface area (Å²) in [5, 5.41) is 0.793. The fourth-order valence-electron chi connectivity index (χ4n) is 2.31. The third-order valence-corrected chi connectivity index (χ3v) is 3.29. The van der Waals surface area contributed by atoms with Gasteiger partial charge < -0.3 is 4.90 Å². The van der Waals surface area contributed by atoms with Gasteiger partial charge in [0.2, 0.25) is 0 Å². The zero-order chi connectivity index (χ0) is 12.5. The van der Waals surface area contributed by atoms with Crippen molar-refractivity contribution in [2.75, 3.05) is 13.1 Å². The number of benzene rings is 1. The van der Waals surface area contributed by atoms with Crippen LogP contribution in [0.2, 0.25) is 0 Å². The smallest absolute Gasteiger partial charge is 0.255 e. The van der Waals surface area contributed by atoms with Gasteiger partial charge in [0.25, 0.3) is 5.91 Å². The highest BCUT2D eigenvalue weighted by Gasteiger charge is 2.19. The van der Waals surface area contributed by atoms with Crippen LogP contribution < -0.4 is 0 Å². The van der Waals surface area contributed by atoms with Crippen LogP contribution >= 0.6 is 0 Å². The first-order valence-electron chi connectivity index (χ1n) is 6.09. The first-order valence-corrected chi connectivity index (χ1v) is 6.09. The Hall–Kier alpha value is -1.97. The molecule has 0 atom stereocenters. The second-order valence-electron chi connectivity index (χ2n) is 4.56. The molecule has 3 rings (SSSR count). The van der Waals surface area contributed by atoms with Gasteiger partial charge >= 0.3 is 0 Å². The van der Waals surface area contributed by atoms with Crippen molar-refractivity contribution < 1.29 is 9.18 Å². The van der Waals surface area contributed by atoms with Crippen molar-refractivity contribution in [3.8, 4) is 0 Å². The molecule has 4 heteroatoms. The summed E-state index contributed by atoms with van der Waals surface area (Å²) >= 11 is 0. The topological polar surface area (TPSA) is 33.2 Å². The van der Waals surface area contributed by atoms with E-state index < -0.39 is 0 Å². The molecule has 3 nitrogen and oxygen atoms in total. The molecule has 0 spiro atoms. The Morgan fingerprint density at radius 3 is 2.78 bits per heavy atom. The summed E-state index contributed by atoms with van der Waals surface area (Å²) in [6, 6.07) is 6.19. The second kappa shape index (κ2) is 4.37. The summed E-state index contributed by atoms with van der Waals surface area (Å²) in [6.45, 7) is 1.64. The Kier molecular flexibility index (Phi) is 2.70. The summed E-state index contributed by atoms with van der Waals surface area (Å²) in [5.74, 6) is -0.292. The van der Waals surface area contributed by atoms with Gasteiger partial charge in [-0.15, -0.1) is 0 Å². The number of pyridine rings is 1. The van der Waals surface area contributed by atoms with Gasteiger partial charge in [-0.1, -0.05) is 0 Å². The maximum atomic E-state index is 13.0. The number of aromatic nitrogens is 1. The van der Waals surface area contributed by atoms with Crippen molar-refractivity contribution in [1.29, 1.82) is 0 Å². The normalized spacial score (nSPS) is 15.3. The van der Waals surface area contributed by atoms with Gasteiger partial charge in [-0.25, -0.2) is 4.39 Å². The predicted molar refractivity (Wildman–Crippen MR) is 66.8 cm³/mol. The molecule has 0 unspecified atom stereocenters. The minimum Gasteiger partial charge on any atom is -0.339 e. The number of hydrogen-bond donors (Lipinski definition) is 0. The van der Waals surface area contributed by atoms with E-state index in [0.717, 1.165) is 31.3 Å². The molecule has 1 aliphatic heterocycles. The van der Waals surface area contributed by atoms with Crippen molar-refractivity contribution in [1.82, 2.24) is 9.88 Å². The number of carbonyl (C=O) groups is 1. The minimum atomic E-state index is -0.311. The molecule has 2 heterocycles. The van der Waals surface area contributed by atoms with E-state index in [9.17, 15) is 9.18 Å². The monoisotopic (exact) mass is 244 g/mol. The lowest BCUT2D eigenvalue weighted by Gasteiger charge is -2.15. The average molecular weight is 244 g/mol. The number of nitrogens with zero attached hydrogens (tertiary/aromatic N) is 2. The van der Waals surface area contributed by atoms with E-state index in [2.05, 4.69) is 4.98 Å². The molecule has 1 fully saturated rings. The van der Waals surface area contributed by atoms with Crippen LogP contribution in [-0.2, 0) is 0 Å². The number of hydrogen-bond acceptors (Lipinski definition) is 2. The number of likely N-dealkylation sites (tertiary alicyclic amines) is 1. The van der Waals surface area contributed by atoms with E-state index >= 15 is 0 Å². The molecule has 18 heavy (non-hydrogen) atoms. The van der Waals surface area contributed by atoms with Gasteiger partial charge in [0.1, 0.15) is 5.82 Å². The molecule has 0 bridgehead atoms. The van der Waals surface area contributed by atoms with E-state index in [4.69, 9.17) is 0 Å². The van der Waals surface area contributed by atoms with Crippen LogP contribution in [0, 0.1) is 5.82 Å². The molecule has 0 N–H and O–H groups in total. The van der Waals surface area contributed by atoms with Gasteiger partial charge in [0.15, 0.2) is 0 Å². The highest BCUT2D eigenvalue weighted by atomic mass is 19.1. The molecule has 1 saturated heterocycles. The molecule has 1 aliphatic rings. The third-order valence-electron chi connectivity index (χ3n) is 3.29. The number of carbonyl (C=O) groups excluding carboxylic acids is 1. The number of halogens is 1. The molecule has 92 valence electrons. The summed E-state index contributed by atoms with van der Waals surface area (Å²) < 4.78 is 13.0. The zero-order valence-electron chi connectivity index (χ0n) is 9.90. The van der Waals surface area contributed by atoms with Gasteiger partial charge in [-0.3, -0.25) is 9.78 Å². The maximum Gasteiger partial charge on any atom is 0.255 e. The summed E-state index contributed by atoms with van der Waals surface area (Å²) in [5.41, 5.74) is 1.16.